The predicted octanol–water partition coefficient (Wildman–Crippen LogP) is 6.08. The molecule has 0 aliphatic rings. The zero-order valence-electron chi connectivity index (χ0n) is 20.5. The molecule has 0 aliphatic carbocycles. The molecule has 4 aromatic carbocycles. The molecule has 0 spiro atoms. The van der Waals surface area contributed by atoms with Crippen molar-refractivity contribution in [3.05, 3.63) is 114 Å². The van der Waals surface area contributed by atoms with Gasteiger partial charge in [-0.1, -0.05) is 48.5 Å². The van der Waals surface area contributed by atoms with Gasteiger partial charge in [0.1, 0.15) is 11.0 Å². The summed E-state index contributed by atoms with van der Waals surface area (Å²) in [5.74, 6) is -0.0339. The van der Waals surface area contributed by atoms with E-state index in [-0.39, 0.29) is 5.91 Å². The summed E-state index contributed by atoms with van der Waals surface area (Å²) in [5.41, 5.74) is 8.65. The molecule has 4 rings (SSSR count). The van der Waals surface area contributed by atoms with Gasteiger partial charge in [0.05, 0.1) is 12.8 Å². The summed E-state index contributed by atoms with van der Waals surface area (Å²) in [6.45, 7) is 0. The van der Waals surface area contributed by atoms with Crippen molar-refractivity contribution in [3.63, 3.8) is 0 Å². The Labute approximate surface area is 230 Å². The molecule has 9 heteroatoms. The highest BCUT2D eigenvalue weighted by molar-refractivity contribution is 8.00. The van der Waals surface area contributed by atoms with E-state index in [1.54, 1.807) is 31.4 Å². The first-order valence-corrected chi connectivity index (χ1v) is 12.9. The monoisotopic (exact) mass is 542 g/mol. The number of nitrogens with two attached hydrogens (primary N) is 1. The van der Waals surface area contributed by atoms with Crippen molar-refractivity contribution in [1.29, 1.82) is 0 Å². The molecule has 0 aromatic heterocycles. The number of methoxy groups -OCH3 is 1. The Morgan fingerprint density at radius 3 is 2.24 bits per heavy atom. The van der Waals surface area contributed by atoms with Crippen molar-refractivity contribution in [3.8, 4) is 5.75 Å². The van der Waals surface area contributed by atoms with E-state index in [0.717, 1.165) is 21.8 Å². The standard InChI is InChI=1S/C29H26N4O3S2/c1-36-25-13-6-5-12-24(25)33-29(37)32-22-10-7-11-23(18-22)38-26(19-8-3-2-4-9-19)28(35)31-21-16-14-20(15-17-21)27(30)34/h2-18,26H,1H3,(H2,30,34)(H,31,35)(H2,32,33,37). The van der Waals surface area contributed by atoms with Gasteiger partial charge in [-0.15, -0.1) is 11.8 Å². The predicted molar refractivity (Wildman–Crippen MR) is 158 cm³/mol. The fourth-order valence-corrected chi connectivity index (χ4v) is 4.95. The second kappa shape index (κ2) is 12.8. The third-order valence-corrected chi connectivity index (χ3v) is 6.93. The number of para-hydroxylation sites is 2. The molecular formula is C29H26N4O3S2. The van der Waals surface area contributed by atoms with Crippen LogP contribution in [0.1, 0.15) is 21.2 Å². The van der Waals surface area contributed by atoms with Gasteiger partial charge in [0.15, 0.2) is 5.11 Å². The lowest BCUT2D eigenvalue weighted by molar-refractivity contribution is -0.115. The van der Waals surface area contributed by atoms with Crippen molar-refractivity contribution in [2.45, 2.75) is 10.1 Å². The normalized spacial score (nSPS) is 11.2. The van der Waals surface area contributed by atoms with Gasteiger partial charge in [-0.3, -0.25) is 9.59 Å². The minimum Gasteiger partial charge on any atom is -0.495 e. The number of amides is 2. The number of anilines is 3. The van der Waals surface area contributed by atoms with E-state index in [1.165, 1.54) is 11.8 Å². The Kier molecular flexibility index (Phi) is 8.97. The molecule has 2 amide bonds. The smallest absolute Gasteiger partial charge is 0.248 e. The fourth-order valence-electron chi connectivity index (χ4n) is 3.64. The molecule has 192 valence electrons. The van der Waals surface area contributed by atoms with E-state index in [9.17, 15) is 9.59 Å². The Bertz CT molecular complexity index is 1430. The maximum absolute atomic E-state index is 13.4. The molecule has 0 saturated heterocycles. The topological polar surface area (TPSA) is 105 Å². The SMILES string of the molecule is COc1ccccc1NC(=S)Nc1cccc(SC(C(=O)Nc2ccc(C(N)=O)cc2)c2ccccc2)c1. The van der Waals surface area contributed by atoms with Gasteiger partial charge in [0.25, 0.3) is 0 Å². The van der Waals surface area contributed by atoms with Crippen LogP contribution in [0.5, 0.6) is 5.75 Å². The Morgan fingerprint density at radius 2 is 1.53 bits per heavy atom. The average molecular weight is 543 g/mol. The Hall–Kier alpha value is -4.34. The molecule has 0 bridgehead atoms. The molecule has 5 N–H and O–H groups in total. The summed E-state index contributed by atoms with van der Waals surface area (Å²) in [6, 6.07) is 31.2. The van der Waals surface area contributed by atoms with Gasteiger partial charge in [0, 0.05) is 21.8 Å². The third kappa shape index (κ3) is 7.12. The molecule has 1 unspecified atom stereocenters. The number of thioether (sulfide) groups is 1. The number of nitrogens with one attached hydrogen (secondary N) is 3. The molecule has 0 fully saturated rings. The van der Waals surface area contributed by atoms with Gasteiger partial charge in [0.2, 0.25) is 11.8 Å². The number of hydrogen-bond acceptors (Lipinski definition) is 5. The van der Waals surface area contributed by atoms with Gasteiger partial charge < -0.3 is 26.4 Å². The summed E-state index contributed by atoms with van der Waals surface area (Å²) in [5, 5.41) is 9.16. The average Bonchev–Trinajstić information content (AvgIpc) is 2.93. The number of thiocarbonyl (C=S) groups is 1. The van der Waals surface area contributed by atoms with Gasteiger partial charge in [-0.25, -0.2) is 0 Å². The second-order valence-electron chi connectivity index (χ2n) is 8.15. The maximum atomic E-state index is 13.4. The van der Waals surface area contributed by atoms with Crippen LogP contribution in [0.4, 0.5) is 17.1 Å². The molecule has 0 saturated carbocycles. The number of carbonyl (C=O) groups is 2. The molecule has 0 aliphatic heterocycles. The summed E-state index contributed by atoms with van der Waals surface area (Å²) in [6.07, 6.45) is 0. The van der Waals surface area contributed by atoms with Crippen LogP contribution in [-0.2, 0) is 4.79 Å². The van der Waals surface area contributed by atoms with Crippen LogP contribution in [0.15, 0.2) is 108 Å². The van der Waals surface area contributed by atoms with Crippen molar-refractivity contribution in [1.82, 2.24) is 0 Å². The number of ether oxygens (including phenoxy) is 1. The van der Waals surface area contributed by atoms with E-state index in [2.05, 4.69) is 16.0 Å². The van der Waals surface area contributed by atoms with Crippen molar-refractivity contribution < 1.29 is 14.3 Å². The van der Waals surface area contributed by atoms with Crippen molar-refractivity contribution in [2.24, 2.45) is 5.73 Å². The summed E-state index contributed by atoms with van der Waals surface area (Å²) >= 11 is 6.91. The lowest BCUT2D eigenvalue weighted by Gasteiger charge is -2.18. The lowest BCUT2D eigenvalue weighted by atomic mass is 10.1. The van der Waals surface area contributed by atoms with Crippen LogP contribution < -0.4 is 26.4 Å². The molecule has 1 atom stereocenters. The zero-order chi connectivity index (χ0) is 26.9. The van der Waals surface area contributed by atoms with Gasteiger partial charge in [-0.05, 0) is 72.4 Å². The van der Waals surface area contributed by atoms with E-state index < -0.39 is 11.2 Å². The zero-order valence-corrected chi connectivity index (χ0v) is 22.1. The molecule has 7 nitrogen and oxygen atoms in total. The minimum atomic E-state index is -0.527. The summed E-state index contributed by atoms with van der Waals surface area (Å²) in [4.78, 5) is 25.6. The Morgan fingerprint density at radius 1 is 0.816 bits per heavy atom. The van der Waals surface area contributed by atoms with Crippen LogP contribution >= 0.6 is 24.0 Å². The Balaban J connectivity index is 1.49. The second-order valence-corrected chi connectivity index (χ2v) is 9.73. The number of carbonyl (C=O) groups excluding carboxylic acids is 2. The van der Waals surface area contributed by atoms with E-state index >= 15 is 0 Å². The highest BCUT2D eigenvalue weighted by Gasteiger charge is 2.22. The summed E-state index contributed by atoms with van der Waals surface area (Å²) in [7, 11) is 1.60. The van der Waals surface area contributed by atoms with Gasteiger partial charge in [-0.2, -0.15) is 0 Å². The quantitative estimate of drug-likeness (QED) is 0.150. The van der Waals surface area contributed by atoms with E-state index in [4.69, 9.17) is 22.7 Å². The maximum Gasteiger partial charge on any atom is 0.248 e. The van der Waals surface area contributed by atoms with Crippen LogP contribution in [0.25, 0.3) is 0 Å². The molecular weight excluding hydrogens is 516 g/mol. The summed E-state index contributed by atoms with van der Waals surface area (Å²) < 4.78 is 5.37. The van der Waals surface area contributed by atoms with Crippen molar-refractivity contribution in [2.75, 3.05) is 23.1 Å². The molecule has 38 heavy (non-hydrogen) atoms. The highest BCUT2D eigenvalue weighted by atomic mass is 32.2. The minimum absolute atomic E-state index is 0.195. The largest absolute Gasteiger partial charge is 0.495 e. The van der Waals surface area contributed by atoms with Crippen LogP contribution in [-0.4, -0.2) is 24.0 Å². The fraction of sp³-hybridized carbons (Fsp3) is 0.0690. The van der Waals surface area contributed by atoms with E-state index in [0.29, 0.717) is 22.1 Å². The number of benzene rings is 4. The molecule has 0 radical (unpaired) electrons. The molecule has 0 heterocycles. The number of hydrogen-bond donors (Lipinski definition) is 4. The van der Waals surface area contributed by atoms with Gasteiger partial charge >= 0.3 is 0 Å². The first-order valence-electron chi connectivity index (χ1n) is 11.7. The third-order valence-electron chi connectivity index (χ3n) is 5.48. The van der Waals surface area contributed by atoms with E-state index in [1.807, 2.05) is 78.9 Å². The van der Waals surface area contributed by atoms with Crippen molar-refractivity contribution >= 4 is 58.0 Å². The first-order chi connectivity index (χ1) is 18.4. The number of rotatable bonds is 9. The van der Waals surface area contributed by atoms with Crippen LogP contribution in [0.2, 0.25) is 0 Å². The molecule has 4 aromatic rings. The van der Waals surface area contributed by atoms with Crippen LogP contribution in [0.3, 0.4) is 0 Å². The lowest BCUT2D eigenvalue weighted by Crippen LogP contribution is -2.20. The highest BCUT2D eigenvalue weighted by Crippen LogP contribution is 2.37. The first kappa shape index (κ1) is 26.7. The number of primary amides is 1. The van der Waals surface area contributed by atoms with Crippen LogP contribution in [0, 0.1) is 0 Å².